The molecule has 2 heterocycles. The van der Waals surface area contributed by atoms with Crippen molar-refractivity contribution in [1.82, 2.24) is 10.5 Å². The summed E-state index contributed by atoms with van der Waals surface area (Å²) in [6, 6.07) is 4.36. The van der Waals surface area contributed by atoms with E-state index in [0.29, 0.717) is 5.92 Å². The zero-order valence-electron chi connectivity index (χ0n) is 10.8. The molecule has 1 fully saturated rings. The van der Waals surface area contributed by atoms with Crippen LogP contribution < -0.4 is 5.32 Å². The zero-order chi connectivity index (χ0) is 11.8. The van der Waals surface area contributed by atoms with Crippen LogP contribution in [0.2, 0.25) is 0 Å². The van der Waals surface area contributed by atoms with Crippen molar-refractivity contribution in [2.75, 3.05) is 13.1 Å². The fourth-order valence-electron chi connectivity index (χ4n) is 2.80. The SMILES string of the molecule is Cc1cc(C)c2onc(C3CCNCC3)c2c1.Cl. The maximum Gasteiger partial charge on any atom is 0.170 e. The van der Waals surface area contributed by atoms with Crippen LogP contribution in [0.3, 0.4) is 0 Å². The number of hydrogen-bond acceptors (Lipinski definition) is 3. The van der Waals surface area contributed by atoms with E-state index in [-0.39, 0.29) is 12.4 Å². The monoisotopic (exact) mass is 266 g/mol. The predicted octanol–water partition coefficient (Wildman–Crippen LogP) is 3.33. The molecule has 1 aliphatic heterocycles. The van der Waals surface area contributed by atoms with Crippen molar-refractivity contribution in [3.8, 4) is 0 Å². The van der Waals surface area contributed by atoms with Crippen molar-refractivity contribution in [3.05, 3.63) is 29.0 Å². The molecule has 0 unspecified atom stereocenters. The van der Waals surface area contributed by atoms with Gasteiger partial charge in [-0.25, -0.2) is 0 Å². The minimum absolute atomic E-state index is 0. The number of piperidine rings is 1. The molecular weight excluding hydrogens is 248 g/mol. The third kappa shape index (κ3) is 2.25. The molecular formula is C14H19ClN2O. The third-order valence-electron chi connectivity index (χ3n) is 3.66. The average Bonchev–Trinajstić information content (AvgIpc) is 2.74. The maximum atomic E-state index is 5.52. The van der Waals surface area contributed by atoms with Gasteiger partial charge in [0.05, 0.1) is 5.69 Å². The molecule has 0 radical (unpaired) electrons. The normalized spacial score (nSPS) is 16.8. The van der Waals surface area contributed by atoms with Crippen LogP contribution >= 0.6 is 12.4 Å². The molecule has 18 heavy (non-hydrogen) atoms. The number of hydrogen-bond donors (Lipinski definition) is 1. The first-order valence-electron chi connectivity index (χ1n) is 6.33. The van der Waals surface area contributed by atoms with E-state index >= 15 is 0 Å². The van der Waals surface area contributed by atoms with Gasteiger partial charge in [-0.05, 0) is 57.0 Å². The van der Waals surface area contributed by atoms with Crippen LogP contribution in [0.5, 0.6) is 0 Å². The number of aryl methyl sites for hydroxylation is 2. The second kappa shape index (κ2) is 5.29. The zero-order valence-corrected chi connectivity index (χ0v) is 11.6. The van der Waals surface area contributed by atoms with Gasteiger partial charge in [-0.1, -0.05) is 11.2 Å². The first-order chi connectivity index (χ1) is 8.25. The maximum absolute atomic E-state index is 5.52. The minimum atomic E-state index is 0. The van der Waals surface area contributed by atoms with E-state index in [2.05, 4.69) is 36.5 Å². The quantitative estimate of drug-likeness (QED) is 0.860. The third-order valence-corrected chi connectivity index (χ3v) is 3.66. The van der Waals surface area contributed by atoms with Crippen LogP contribution in [0.25, 0.3) is 11.0 Å². The van der Waals surface area contributed by atoms with Crippen molar-refractivity contribution in [1.29, 1.82) is 0 Å². The van der Waals surface area contributed by atoms with Gasteiger partial charge < -0.3 is 9.84 Å². The van der Waals surface area contributed by atoms with Gasteiger partial charge in [0.2, 0.25) is 0 Å². The van der Waals surface area contributed by atoms with Crippen LogP contribution in [0.15, 0.2) is 16.7 Å². The Balaban J connectivity index is 0.00000120. The molecule has 3 nitrogen and oxygen atoms in total. The molecule has 1 saturated heterocycles. The highest BCUT2D eigenvalue weighted by Gasteiger charge is 2.22. The van der Waals surface area contributed by atoms with E-state index < -0.39 is 0 Å². The van der Waals surface area contributed by atoms with E-state index in [1.54, 1.807) is 0 Å². The van der Waals surface area contributed by atoms with Crippen LogP contribution in [0.4, 0.5) is 0 Å². The smallest absolute Gasteiger partial charge is 0.170 e. The van der Waals surface area contributed by atoms with Gasteiger partial charge in [0.15, 0.2) is 5.58 Å². The summed E-state index contributed by atoms with van der Waals surface area (Å²) in [5.74, 6) is 0.554. The Labute approximate surface area is 113 Å². The highest BCUT2D eigenvalue weighted by atomic mass is 35.5. The first kappa shape index (κ1) is 13.4. The molecule has 0 saturated carbocycles. The predicted molar refractivity (Wildman–Crippen MR) is 75.6 cm³/mol. The van der Waals surface area contributed by atoms with Crippen LogP contribution in [0, 0.1) is 13.8 Å². The standard InChI is InChI=1S/C14H18N2O.ClH/c1-9-7-10(2)14-12(8-9)13(16-17-14)11-3-5-15-6-4-11;/h7-8,11,15H,3-6H2,1-2H3;1H. The molecule has 0 aliphatic carbocycles. The van der Waals surface area contributed by atoms with E-state index in [1.165, 1.54) is 16.5 Å². The molecule has 0 amide bonds. The lowest BCUT2D eigenvalue weighted by molar-refractivity contribution is 0.403. The topological polar surface area (TPSA) is 38.1 Å². The largest absolute Gasteiger partial charge is 0.356 e. The first-order valence-corrected chi connectivity index (χ1v) is 6.33. The number of nitrogens with one attached hydrogen (secondary N) is 1. The summed E-state index contributed by atoms with van der Waals surface area (Å²) in [5, 5.41) is 8.92. The molecule has 98 valence electrons. The Morgan fingerprint density at radius 1 is 1.22 bits per heavy atom. The number of halogens is 1. The fraction of sp³-hybridized carbons (Fsp3) is 0.500. The van der Waals surface area contributed by atoms with Gasteiger partial charge in [0, 0.05) is 11.3 Å². The highest BCUT2D eigenvalue weighted by molar-refractivity contribution is 5.85. The number of fused-ring (bicyclic) bond motifs is 1. The molecule has 1 aliphatic rings. The summed E-state index contributed by atoms with van der Waals surface area (Å²) < 4.78 is 5.52. The molecule has 3 rings (SSSR count). The lowest BCUT2D eigenvalue weighted by atomic mass is 9.92. The number of benzene rings is 1. The highest BCUT2D eigenvalue weighted by Crippen LogP contribution is 2.32. The van der Waals surface area contributed by atoms with Gasteiger partial charge in [-0.3, -0.25) is 0 Å². The average molecular weight is 267 g/mol. The second-order valence-electron chi connectivity index (χ2n) is 5.05. The molecule has 1 N–H and O–H groups in total. The molecule has 1 aromatic carbocycles. The van der Waals surface area contributed by atoms with Gasteiger partial charge >= 0.3 is 0 Å². The van der Waals surface area contributed by atoms with E-state index in [1.807, 2.05) is 0 Å². The minimum Gasteiger partial charge on any atom is -0.356 e. The Morgan fingerprint density at radius 3 is 2.67 bits per heavy atom. The Hall–Kier alpha value is -1.06. The molecule has 1 aromatic heterocycles. The lowest BCUT2D eigenvalue weighted by Crippen LogP contribution is -2.26. The molecule has 0 atom stereocenters. The van der Waals surface area contributed by atoms with Crippen molar-refractivity contribution in [2.24, 2.45) is 0 Å². The van der Waals surface area contributed by atoms with Crippen molar-refractivity contribution < 1.29 is 4.52 Å². The Bertz CT molecular complexity index is 544. The Morgan fingerprint density at radius 2 is 1.94 bits per heavy atom. The van der Waals surface area contributed by atoms with Gasteiger partial charge in [-0.2, -0.15) is 0 Å². The van der Waals surface area contributed by atoms with Gasteiger partial charge in [0.1, 0.15) is 0 Å². The van der Waals surface area contributed by atoms with Crippen LogP contribution in [-0.4, -0.2) is 18.2 Å². The second-order valence-corrected chi connectivity index (χ2v) is 5.05. The summed E-state index contributed by atoms with van der Waals surface area (Å²) in [6.45, 7) is 6.39. The van der Waals surface area contributed by atoms with E-state index in [9.17, 15) is 0 Å². The molecule has 4 heteroatoms. The number of rotatable bonds is 1. The Kier molecular flexibility index (Phi) is 3.93. The van der Waals surface area contributed by atoms with Crippen molar-refractivity contribution in [3.63, 3.8) is 0 Å². The van der Waals surface area contributed by atoms with Crippen molar-refractivity contribution >= 4 is 23.4 Å². The molecule has 2 aromatic rings. The van der Waals surface area contributed by atoms with Crippen LogP contribution in [0.1, 0.15) is 35.6 Å². The fourth-order valence-corrected chi connectivity index (χ4v) is 2.80. The molecule has 0 spiro atoms. The van der Waals surface area contributed by atoms with Gasteiger partial charge in [-0.15, -0.1) is 12.4 Å². The summed E-state index contributed by atoms with van der Waals surface area (Å²) in [7, 11) is 0. The summed E-state index contributed by atoms with van der Waals surface area (Å²) >= 11 is 0. The lowest BCUT2D eigenvalue weighted by Gasteiger charge is -2.20. The van der Waals surface area contributed by atoms with Crippen LogP contribution in [-0.2, 0) is 0 Å². The van der Waals surface area contributed by atoms with E-state index in [4.69, 9.17) is 4.52 Å². The summed E-state index contributed by atoms with van der Waals surface area (Å²) in [5.41, 5.74) is 4.60. The summed E-state index contributed by atoms with van der Waals surface area (Å²) in [4.78, 5) is 0. The van der Waals surface area contributed by atoms with E-state index in [0.717, 1.165) is 37.2 Å². The van der Waals surface area contributed by atoms with Crippen molar-refractivity contribution in [2.45, 2.75) is 32.6 Å². The number of aromatic nitrogens is 1. The van der Waals surface area contributed by atoms with Gasteiger partial charge in [0.25, 0.3) is 0 Å². The number of nitrogens with zero attached hydrogens (tertiary/aromatic N) is 1. The molecule has 0 bridgehead atoms. The summed E-state index contributed by atoms with van der Waals surface area (Å²) in [6.07, 6.45) is 2.32.